The van der Waals surface area contributed by atoms with Gasteiger partial charge in [-0.3, -0.25) is 4.79 Å². The second kappa shape index (κ2) is 6.74. The highest BCUT2D eigenvalue weighted by molar-refractivity contribution is 5.75. The fourth-order valence-electron chi connectivity index (χ4n) is 1.78. The van der Waals surface area contributed by atoms with Crippen molar-refractivity contribution in [3.05, 3.63) is 64.5 Å². The Morgan fingerprint density at radius 1 is 0.870 bits per heavy atom. The minimum atomic E-state index is -2.29. The highest BCUT2D eigenvalue weighted by Gasteiger charge is 2.27. The lowest BCUT2D eigenvalue weighted by atomic mass is 10.1. The number of carbonyl (C=O) groups is 1. The maximum Gasteiger partial charge on any atom is 0.315 e. The molecule has 0 spiro atoms. The van der Waals surface area contributed by atoms with Gasteiger partial charge in [-0.25, -0.2) is 22.0 Å². The number of aliphatic hydroxyl groups excluding tert-OH is 1. The first kappa shape index (κ1) is 16.9. The van der Waals surface area contributed by atoms with Crippen molar-refractivity contribution < 1.29 is 36.6 Å². The van der Waals surface area contributed by atoms with E-state index in [-0.39, 0.29) is 12.4 Å². The van der Waals surface area contributed by atoms with Crippen molar-refractivity contribution in [1.29, 1.82) is 0 Å². The number of halogens is 5. The fourth-order valence-corrected chi connectivity index (χ4v) is 1.78. The molecular formula is C15H9F5O3. The van der Waals surface area contributed by atoms with Crippen LogP contribution in [0.25, 0.3) is 0 Å². The summed E-state index contributed by atoms with van der Waals surface area (Å²) in [5.41, 5.74) is -0.733. The Morgan fingerprint density at radius 3 is 1.83 bits per heavy atom. The number of hydrogen-bond donors (Lipinski definition) is 1. The molecule has 8 heteroatoms. The van der Waals surface area contributed by atoms with Gasteiger partial charge < -0.3 is 9.84 Å². The van der Waals surface area contributed by atoms with E-state index < -0.39 is 47.0 Å². The van der Waals surface area contributed by atoms with Crippen molar-refractivity contribution in [3.63, 3.8) is 0 Å². The minimum Gasteiger partial charge on any atom is -0.426 e. The standard InChI is InChI=1S/C15H9F5O3/c16-11-9(12(17)14(19)15(20)13(11)18)5-10(22)23-8-3-1-7(6-21)2-4-8/h1-4,21H,5-6H2. The lowest BCUT2D eigenvalue weighted by Crippen LogP contribution is -2.16. The van der Waals surface area contributed by atoms with Gasteiger partial charge >= 0.3 is 5.97 Å². The van der Waals surface area contributed by atoms with Crippen LogP contribution >= 0.6 is 0 Å². The molecule has 2 aromatic rings. The van der Waals surface area contributed by atoms with Crippen LogP contribution in [0.3, 0.4) is 0 Å². The monoisotopic (exact) mass is 332 g/mol. The first-order valence-corrected chi connectivity index (χ1v) is 6.26. The molecule has 1 N–H and O–H groups in total. The van der Waals surface area contributed by atoms with Crippen molar-refractivity contribution in [2.45, 2.75) is 13.0 Å². The van der Waals surface area contributed by atoms with Crippen molar-refractivity contribution in [1.82, 2.24) is 0 Å². The molecule has 0 bridgehead atoms. The van der Waals surface area contributed by atoms with E-state index in [9.17, 15) is 26.7 Å². The number of esters is 1. The van der Waals surface area contributed by atoms with Crippen LogP contribution in [0.2, 0.25) is 0 Å². The Bertz CT molecular complexity index is 715. The van der Waals surface area contributed by atoms with Gasteiger partial charge in [-0.15, -0.1) is 0 Å². The molecule has 3 nitrogen and oxygen atoms in total. The summed E-state index contributed by atoms with van der Waals surface area (Å²) >= 11 is 0. The maximum absolute atomic E-state index is 13.4. The van der Waals surface area contributed by atoms with Crippen LogP contribution in [0.1, 0.15) is 11.1 Å². The summed E-state index contributed by atoms with van der Waals surface area (Å²) in [6.07, 6.45) is -1.13. The van der Waals surface area contributed by atoms with E-state index in [0.29, 0.717) is 5.56 Å². The van der Waals surface area contributed by atoms with Gasteiger partial charge in [0.05, 0.1) is 13.0 Å². The zero-order chi connectivity index (χ0) is 17.1. The van der Waals surface area contributed by atoms with Crippen molar-refractivity contribution >= 4 is 5.97 Å². The lowest BCUT2D eigenvalue weighted by molar-refractivity contribution is -0.133. The van der Waals surface area contributed by atoms with Gasteiger partial charge in [0.2, 0.25) is 5.82 Å². The van der Waals surface area contributed by atoms with Crippen molar-refractivity contribution in [2.24, 2.45) is 0 Å². The van der Waals surface area contributed by atoms with Crippen molar-refractivity contribution in [3.8, 4) is 5.75 Å². The summed E-state index contributed by atoms with van der Waals surface area (Å²) in [5, 5.41) is 8.85. The van der Waals surface area contributed by atoms with Crippen LogP contribution in [0, 0.1) is 29.1 Å². The van der Waals surface area contributed by atoms with E-state index in [0.717, 1.165) is 0 Å². The summed E-state index contributed by atoms with van der Waals surface area (Å²) < 4.78 is 70.6. The molecule has 2 rings (SSSR count). The molecule has 0 saturated heterocycles. The highest BCUT2D eigenvalue weighted by atomic mass is 19.2. The van der Waals surface area contributed by atoms with Gasteiger partial charge in [0.1, 0.15) is 5.75 Å². The zero-order valence-electron chi connectivity index (χ0n) is 11.4. The number of carbonyl (C=O) groups excluding carboxylic acids is 1. The van der Waals surface area contributed by atoms with Crippen LogP contribution in [0.4, 0.5) is 22.0 Å². The molecular weight excluding hydrogens is 323 g/mol. The van der Waals surface area contributed by atoms with Gasteiger partial charge in [0.15, 0.2) is 23.3 Å². The quantitative estimate of drug-likeness (QED) is 0.308. The predicted octanol–water partition coefficient (Wildman–Crippen LogP) is 3.02. The Kier molecular flexibility index (Phi) is 4.95. The zero-order valence-corrected chi connectivity index (χ0v) is 11.4. The van der Waals surface area contributed by atoms with Crippen LogP contribution < -0.4 is 4.74 Å². The van der Waals surface area contributed by atoms with Gasteiger partial charge in [-0.1, -0.05) is 12.1 Å². The topological polar surface area (TPSA) is 46.5 Å². The number of hydrogen-bond acceptors (Lipinski definition) is 3. The predicted molar refractivity (Wildman–Crippen MR) is 67.9 cm³/mol. The smallest absolute Gasteiger partial charge is 0.315 e. The van der Waals surface area contributed by atoms with Crippen molar-refractivity contribution in [2.75, 3.05) is 0 Å². The molecule has 0 aromatic heterocycles. The first-order chi connectivity index (χ1) is 10.8. The lowest BCUT2D eigenvalue weighted by Gasteiger charge is -2.08. The third-order valence-corrected chi connectivity index (χ3v) is 2.96. The van der Waals surface area contributed by atoms with E-state index >= 15 is 0 Å². The molecule has 0 aliphatic rings. The molecule has 0 heterocycles. The summed E-state index contributed by atoms with van der Waals surface area (Å²) in [6.45, 7) is -0.237. The van der Waals surface area contributed by atoms with Gasteiger partial charge in [-0.2, -0.15) is 0 Å². The van der Waals surface area contributed by atoms with Crippen LogP contribution in [0.5, 0.6) is 5.75 Å². The molecule has 0 aliphatic heterocycles. The largest absolute Gasteiger partial charge is 0.426 e. The van der Waals surface area contributed by atoms with Crippen LogP contribution in [-0.2, 0) is 17.8 Å². The molecule has 0 aliphatic carbocycles. The summed E-state index contributed by atoms with van der Waals surface area (Å²) in [4.78, 5) is 11.6. The average Bonchev–Trinajstić information content (AvgIpc) is 2.56. The number of ether oxygens (including phenoxy) is 1. The first-order valence-electron chi connectivity index (χ1n) is 6.26. The van der Waals surface area contributed by atoms with Gasteiger partial charge in [-0.05, 0) is 17.7 Å². The number of aliphatic hydroxyl groups is 1. The van der Waals surface area contributed by atoms with E-state index in [1.165, 1.54) is 24.3 Å². The normalized spacial score (nSPS) is 10.7. The summed E-state index contributed by atoms with van der Waals surface area (Å²) in [6, 6.07) is 5.48. The average molecular weight is 332 g/mol. The second-order valence-corrected chi connectivity index (χ2v) is 4.50. The second-order valence-electron chi connectivity index (χ2n) is 4.50. The molecule has 0 amide bonds. The van der Waals surface area contributed by atoms with E-state index in [1.54, 1.807) is 0 Å². The van der Waals surface area contributed by atoms with Gasteiger partial charge in [0.25, 0.3) is 0 Å². The Labute approximate surface area is 126 Å². The Balaban J connectivity index is 2.20. The van der Waals surface area contributed by atoms with Crippen LogP contribution in [0.15, 0.2) is 24.3 Å². The highest BCUT2D eigenvalue weighted by Crippen LogP contribution is 2.24. The summed E-state index contributed by atoms with van der Waals surface area (Å²) in [5.74, 6) is -11.9. The summed E-state index contributed by atoms with van der Waals surface area (Å²) in [7, 11) is 0. The van der Waals surface area contributed by atoms with Crippen LogP contribution in [-0.4, -0.2) is 11.1 Å². The third kappa shape index (κ3) is 3.48. The molecule has 0 atom stereocenters. The molecule has 0 unspecified atom stereocenters. The Hall–Kier alpha value is -2.48. The number of rotatable bonds is 4. The molecule has 0 saturated carbocycles. The third-order valence-electron chi connectivity index (χ3n) is 2.96. The SMILES string of the molecule is O=C(Cc1c(F)c(F)c(F)c(F)c1F)Oc1ccc(CO)cc1. The van der Waals surface area contributed by atoms with E-state index in [4.69, 9.17) is 9.84 Å². The number of benzene rings is 2. The molecule has 0 fully saturated rings. The maximum atomic E-state index is 13.4. The van der Waals surface area contributed by atoms with E-state index in [1.807, 2.05) is 0 Å². The molecule has 2 aromatic carbocycles. The molecule has 122 valence electrons. The van der Waals surface area contributed by atoms with E-state index in [2.05, 4.69) is 0 Å². The minimum absolute atomic E-state index is 0.00364. The Morgan fingerprint density at radius 2 is 1.35 bits per heavy atom. The fraction of sp³-hybridized carbons (Fsp3) is 0.133. The van der Waals surface area contributed by atoms with Gasteiger partial charge in [0, 0.05) is 5.56 Å². The molecule has 0 radical (unpaired) electrons. The molecule has 23 heavy (non-hydrogen) atoms.